The summed E-state index contributed by atoms with van der Waals surface area (Å²) >= 11 is 0. The van der Waals surface area contributed by atoms with Gasteiger partial charge in [0.15, 0.2) is 5.96 Å². The van der Waals surface area contributed by atoms with Gasteiger partial charge in [0.2, 0.25) is 0 Å². The number of carbonyl (C=O) groups excluding carboxylic acids is 1. The second-order valence-electron chi connectivity index (χ2n) is 6.26. The molecule has 1 atom stereocenters. The zero-order chi connectivity index (χ0) is 18.9. The second kappa shape index (κ2) is 9.89. The maximum atomic E-state index is 11.6. The third-order valence-electron chi connectivity index (χ3n) is 4.46. The van der Waals surface area contributed by atoms with E-state index in [1.54, 1.807) is 7.11 Å². The molecular weight excluding hydrogens is 332 g/mol. The van der Waals surface area contributed by atoms with Crippen LogP contribution in [0.1, 0.15) is 13.8 Å². The summed E-state index contributed by atoms with van der Waals surface area (Å²) in [6.45, 7) is 8.57. The Hall–Kier alpha value is -2.44. The van der Waals surface area contributed by atoms with E-state index in [1.807, 2.05) is 32.0 Å². The number of ether oxygens (including phenoxy) is 2. The fourth-order valence-electron chi connectivity index (χ4n) is 2.98. The van der Waals surface area contributed by atoms with Crippen LogP contribution in [0.3, 0.4) is 0 Å². The number of nitrogens with one attached hydrogen (secondary N) is 1. The van der Waals surface area contributed by atoms with Crippen molar-refractivity contribution in [2.75, 3.05) is 58.4 Å². The first-order valence-corrected chi connectivity index (χ1v) is 9.09. The summed E-state index contributed by atoms with van der Waals surface area (Å²) in [5, 5.41) is 3.32. The monoisotopic (exact) mass is 362 g/mol. The Morgan fingerprint density at radius 2 is 1.92 bits per heavy atom. The van der Waals surface area contributed by atoms with Crippen LogP contribution in [0.15, 0.2) is 29.3 Å². The number of esters is 1. The topological polar surface area (TPSA) is 66.4 Å². The fourth-order valence-corrected chi connectivity index (χ4v) is 2.98. The molecule has 1 aromatic carbocycles. The molecule has 0 saturated carbocycles. The van der Waals surface area contributed by atoms with E-state index in [0.717, 1.165) is 50.1 Å². The molecule has 1 unspecified atom stereocenters. The van der Waals surface area contributed by atoms with Crippen LogP contribution >= 0.6 is 0 Å². The number of piperazine rings is 1. The van der Waals surface area contributed by atoms with Gasteiger partial charge < -0.3 is 24.6 Å². The number of rotatable bonds is 6. The highest BCUT2D eigenvalue weighted by Crippen LogP contribution is 2.28. The van der Waals surface area contributed by atoms with Gasteiger partial charge in [0, 0.05) is 32.7 Å². The van der Waals surface area contributed by atoms with Crippen molar-refractivity contribution in [1.82, 2.24) is 10.2 Å². The molecule has 1 fully saturated rings. The Balaban J connectivity index is 1.99. The highest BCUT2D eigenvalue weighted by molar-refractivity contribution is 5.81. The minimum Gasteiger partial charge on any atom is -0.495 e. The van der Waals surface area contributed by atoms with Crippen LogP contribution < -0.4 is 15.0 Å². The van der Waals surface area contributed by atoms with Gasteiger partial charge in [-0.05, 0) is 19.1 Å². The summed E-state index contributed by atoms with van der Waals surface area (Å²) in [5.74, 6) is 1.27. The van der Waals surface area contributed by atoms with Gasteiger partial charge in [-0.2, -0.15) is 0 Å². The van der Waals surface area contributed by atoms with Gasteiger partial charge in [0.1, 0.15) is 5.75 Å². The molecule has 1 N–H and O–H groups in total. The Labute approximate surface area is 156 Å². The van der Waals surface area contributed by atoms with Crippen molar-refractivity contribution in [1.29, 1.82) is 0 Å². The van der Waals surface area contributed by atoms with Crippen molar-refractivity contribution in [2.24, 2.45) is 10.9 Å². The lowest BCUT2D eigenvalue weighted by Crippen LogP contribution is -2.52. The number of para-hydroxylation sites is 2. The lowest BCUT2D eigenvalue weighted by atomic mass is 10.2. The summed E-state index contributed by atoms with van der Waals surface area (Å²) in [6, 6.07) is 8.09. The maximum absolute atomic E-state index is 11.6. The molecule has 26 heavy (non-hydrogen) atoms. The van der Waals surface area contributed by atoms with Gasteiger partial charge in [-0.3, -0.25) is 9.79 Å². The molecule has 1 saturated heterocycles. The van der Waals surface area contributed by atoms with Crippen LogP contribution in [0, 0.1) is 5.92 Å². The zero-order valence-electron chi connectivity index (χ0n) is 16.2. The number of carbonyl (C=O) groups is 1. The van der Waals surface area contributed by atoms with Crippen LogP contribution in [0.4, 0.5) is 5.69 Å². The van der Waals surface area contributed by atoms with E-state index in [9.17, 15) is 4.79 Å². The van der Waals surface area contributed by atoms with Crippen molar-refractivity contribution >= 4 is 17.6 Å². The SMILES string of the molecule is CCNC(=NCC(C)C(=O)OC)N1CCN(c2ccccc2OC)CC1. The van der Waals surface area contributed by atoms with Crippen molar-refractivity contribution in [2.45, 2.75) is 13.8 Å². The first kappa shape index (κ1) is 19.9. The number of aliphatic imine (C=N–C) groups is 1. The number of anilines is 1. The largest absolute Gasteiger partial charge is 0.495 e. The Morgan fingerprint density at radius 3 is 2.54 bits per heavy atom. The molecule has 0 amide bonds. The molecule has 7 nitrogen and oxygen atoms in total. The summed E-state index contributed by atoms with van der Waals surface area (Å²) in [6.07, 6.45) is 0. The van der Waals surface area contributed by atoms with Gasteiger partial charge in [-0.15, -0.1) is 0 Å². The molecule has 0 bridgehead atoms. The zero-order valence-corrected chi connectivity index (χ0v) is 16.2. The van der Waals surface area contributed by atoms with Gasteiger partial charge in [0.25, 0.3) is 0 Å². The van der Waals surface area contributed by atoms with Gasteiger partial charge in [0.05, 0.1) is 32.4 Å². The lowest BCUT2D eigenvalue weighted by Gasteiger charge is -2.38. The van der Waals surface area contributed by atoms with Crippen molar-refractivity contribution in [3.8, 4) is 5.75 Å². The molecule has 2 rings (SSSR count). The molecular formula is C19H30N4O3. The van der Waals surface area contributed by atoms with E-state index in [1.165, 1.54) is 7.11 Å². The van der Waals surface area contributed by atoms with E-state index >= 15 is 0 Å². The standard InChI is InChI=1S/C19H30N4O3/c1-5-20-19(21-14-15(2)18(24)26-4)23-12-10-22(11-13-23)16-8-6-7-9-17(16)25-3/h6-9,15H,5,10-14H2,1-4H3,(H,20,21). The quantitative estimate of drug-likeness (QED) is 0.471. The van der Waals surface area contributed by atoms with Crippen LogP contribution in [0.5, 0.6) is 5.75 Å². The lowest BCUT2D eigenvalue weighted by molar-refractivity contribution is -0.144. The average Bonchev–Trinajstić information content (AvgIpc) is 2.70. The summed E-state index contributed by atoms with van der Waals surface area (Å²) < 4.78 is 10.2. The van der Waals surface area contributed by atoms with E-state index in [4.69, 9.17) is 9.47 Å². The van der Waals surface area contributed by atoms with Gasteiger partial charge in [-0.25, -0.2) is 0 Å². The van der Waals surface area contributed by atoms with E-state index in [2.05, 4.69) is 26.2 Å². The molecule has 0 radical (unpaired) electrons. The normalized spacial score (nSPS) is 16.2. The molecule has 1 aromatic rings. The molecule has 7 heteroatoms. The number of hydrogen-bond donors (Lipinski definition) is 1. The molecule has 0 aliphatic carbocycles. The van der Waals surface area contributed by atoms with Gasteiger partial charge in [-0.1, -0.05) is 19.1 Å². The average molecular weight is 362 g/mol. The van der Waals surface area contributed by atoms with E-state index < -0.39 is 0 Å². The third kappa shape index (κ3) is 5.03. The summed E-state index contributed by atoms with van der Waals surface area (Å²) in [5.41, 5.74) is 1.12. The number of hydrogen-bond acceptors (Lipinski definition) is 5. The van der Waals surface area contributed by atoms with E-state index in [-0.39, 0.29) is 11.9 Å². The molecule has 0 aromatic heterocycles. The third-order valence-corrected chi connectivity index (χ3v) is 4.46. The number of nitrogens with zero attached hydrogens (tertiary/aromatic N) is 3. The summed E-state index contributed by atoms with van der Waals surface area (Å²) in [4.78, 5) is 20.8. The summed E-state index contributed by atoms with van der Waals surface area (Å²) in [7, 11) is 3.11. The second-order valence-corrected chi connectivity index (χ2v) is 6.26. The first-order chi connectivity index (χ1) is 12.6. The minimum absolute atomic E-state index is 0.231. The van der Waals surface area contributed by atoms with Gasteiger partial charge >= 0.3 is 5.97 Å². The minimum atomic E-state index is -0.247. The molecule has 0 spiro atoms. The van der Waals surface area contributed by atoms with Crippen LogP contribution in [-0.2, 0) is 9.53 Å². The maximum Gasteiger partial charge on any atom is 0.310 e. The number of guanidine groups is 1. The smallest absolute Gasteiger partial charge is 0.310 e. The Morgan fingerprint density at radius 1 is 1.23 bits per heavy atom. The highest BCUT2D eigenvalue weighted by atomic mass is 16.5. The Bertz CT molecular complexity index is 613. The molecule has 1 heterocycles. The van der Waals surface area contributed by atoms with Crippen molar-refractivity contribution in [3.05, 3.63) is 24.3 Å². The fraction of sp³-hybridized carbons (Fsp3) is 0.579. The van der Waals surface area contributed by atoms with E-state index in [0.29, 0.717) is 6.54 Å². The number of methoxy groups -OCH3 is 2. The van der Waals surface area contributed by atoms with Crippen molar-refractivity contribution in [3.63, 3.8) is 0 Å². The Kier molecular flexibility index (Phi) is 7.56. The first-order valence-electron chi connectivity index (χ1n) is 9.09. The predicted molar refractivity (Wildman–Crippen MR) is 104 cm³/mol. The number of benzene rings is 1. The van der Waals surface area contributed by atoms with Crippen molar-refractivity contribution < 1.29 is 14.3 Å². The molecule has 144 valence electrons. The predicted octanol–water partition coefficient (Wildman–Crippen LogP) is 1.59. The molecule has 1 aliphatic heterocycles. The molecule has 1 aliphatic rings. The van der Waals surface area contributed by atoms with Crippen LogP contribution in [-0.4, -0.2) is 70.3 Å². The highest BCUT2D eigenvalue weighted by Gasteiger charge is 2.22. The van der Waals surface area contributed by atoms with Crippen LogP contribution in [0.25, 0.3) is 0 Å². The van der Waals surface area contributed by atoms with Crippen LogP contribution in [0.2, 0.25) is 0 Å².